The Morgan fingerprint density at radius 1 is 1.08 bits per heavy atom. The van der Waals surface area contributed by atoms with Gasteiger partial charge in [0, 0.05) is 17.6 Å². The zero-order valence-electron chi connectivity index (χ0n) is 21.6. The Bertz CT molecular complexity index is 1460. The number of pyridine rings is 1. The molecule has 0 unspecified atom stereocenters. The van der Waals surface area contributed by atoms with Crippen molar-refractivity contribution in [2.45, 2.75) is 76.0 Å². The summed E-state index contributed by atoms with van der Waals surface area (Å²) in [5.74, 6) is 1.36. The molecule has 4 aromatic rings. The van der Waals surface area contributed by atoms with Crippen LogP contribution in [0, 0.1) is 5.92 Å². The van der Waals surface area contributed by atoms with Crippen LogP contribution in [0.25, 0.3) is 21.9 Å². The van der Waals surface area contributed by atoms with Gasteiger partial charge in [-0.3, -0.25) is 0 Å². The van der Waals surface area contributed by atoms with Crippen molar-refractivity contribution in [3.05, 3.63) is 54.5 Å². The highest BCUT2D eigenvalue weighted by Crippen LogP contribution is 2.49. The first-order valence-corrected chi connectivity index (χ1v) is 13.3. The van der Waals surface area contributed by atoms with E-state index in [0.717, 1.165) is 41.6 Å². The SMILES string of the molecule is COc1ncnc2c1ccn2[C@@H]1C[C@H](CCc2ccc3ccc(NC4CC4)nc3c2)[C@H]2OC(C)(C)O[C@H]21. The molecule has 3 aromatic heterocycles. The van der Waals surface area contributed by atoms with Crippen LogP contribution in [-0.2, 0) is 15.9 Å². The molecule has 37 heavy (non-hydrogen) atoms. The maximum atomic E-state index is 6.47. The molecule has 2 aliphatic carbocycles. The number of benzene rings is 1. The van der Waals surface area contributed by atoms with Crippen molar-refractivity contribution >= 4 is 27.8 Å². The van der Waals surface area contributed by atoms with Crippen LogP contribution in [-0.4, -0.2) is 50.7 Å². The molecule has 1 N–H and O–H groups in total. The highest BCUT2D eigenvalue weighted by molar-refractivity contribution is 5.82. The fourth-order valence-electron chi connectivity index (χ4n) is 6.18. The van der Waals surface area contributed by atoms with Crippen LogP contribution >= 0.6 is 0 Å². The van der Waals surface area contributed by atoms with Crippen LogP contribution in [0.15, 0.2) is 48.9 Å². The van der Waals surface area contributed by atoms with Gasteiger partial charge >= 0.3 is 0 Å². The van der Waals surface area contributed by atoms with E-state index in [1.165, 1.54) is 23.8 Å². The Morgan fingerprint density at radius 3 is 2.76 bits per heavy atom. The van der Waals surface area contributed by atoms with Gasteiger partial charge in [-0.2, -0.15) is 0 Å². The van der Waals surface area contributed by atoms with Gasteiger partial charge in [0.2, 0.25) is 5.88 Å². The molecular formula is C29H33N5O3. The first-order chi connectivity index (χ1) is 18.0. The van der Waals surface area contributed by atoms with Crippen LogP contribution in [0.2, 0.25) is 0 Å². The predicted molar refractivity (Wildman–Crippen MR) is 142 cm³/mol. The van der Waals surface area contributed by atoms with E-state index in [1.54, 1.807) is 13.4 Å². The Kier molecular flexibility index (Phi) is 5.37. The van der Waals surface area contributed by atoms with Crippen molar-refractivity contribution in [2.24, 2.45) is 5.92 Å². The first kappa shape index (κ1) is 22.9. The number of fused-ring (bicyclic) bond motifs is 3. The number of ether oxygens (including phenoxy) is 3. The van der Waals surface area contributed by atoms with Gasteiger partial charge in [-0.1, -0.05) is 12.1 Å². The maximum absolute atomic E-state index is 6.47. The van der Waals surface area contributed by atoms with Crippen LogP contribution in [0.3, 0.4) is 0 Å². The second kappa shape index (κ2) is 8.67. The van der Waals surface area contributed by atoms with E-state index in [0.29, 0.717) is 17.8 Å². The lowest BCUT2D eigenvalue weighted by Gasteiger charge is -2.24. The van der Waals surface area contributed by atoms with Gasteiger partial charge in [-0.15, -0.1) is 0 Å². The largest absolute Gasteiger partial charge is 0.480 e. The molecule has 192 valence electrons. The van der Waals surface area contributed by atoms with Crippen molar-refractivity contribution < 1.29 is 14.2 Å². The molecule has 1 aromatic carbocycles. The number of aromatic nitrogens is 4. The van der Waals surface area contributed by atoms with E-state index in [-0.39, 0.29) is 18.2 Å². The van der Waals surface area contributed by atoms with E-state index < -0.39 is 5.79 Å². The zero-order chi connectivity index (χ0) is 25.1. The highest BCUT2D eigenvalue weighted by atomic mass is 16.8. The standard InChI is InChI=1S/C29H33N5O3/c1-29(2)36-25-19(7-5-17-4-6-18-8-11-24(32-20-9-10-20)33-22(18)14-17)15-23(26(25)37-29)34-13-12-21-27(34)30-16-31-28(21)35-3/h4,6,8,11-14,16,19-20,23,25-26H,5,7,9-10,15H2,1-3H3,(H,32,33)/t19-,23+,25+,26-/m0/s1. The van der Waals surface area contributed by atoms with Gasteiger partial charge in [0.05, 0.1) is 30.2 Å². The predicted octanol–water partition coefficient (Wildman–Crippen LogP) is 5.28. The Balaban J connectivity index is 1.13. The average molecular weight is 500 g/mol. The minimum absolute atomic E-state index is 0.0223. The number of methoxy groups -OCH3 is 1. The summed E-state index contributed by atoms with van der Waals surface area (Å²) in [6, 6.07) is 13.7. The highest BCUT2D eigenvalue weighted by Gasteiger charge is 2.54. The molecule has 7 rings (SSSR count). The Morgan fingerprint density at radius 2 is 1.92 bits per heavy atom. The van der Waals surface area contributed by atoms with Crippen molar-refractivity contribution in [3.63, 3.8) is 0 Å². The second-order valence-corrected chi connectivity index (χ2v) is 11.2. The molecular weight excluding hydrogens is 466 g/mol. The van der Waals surface area contributed by atoms with E-state index >= 15 is 0 Å². The third-order valence-corrected chi connectivity index (χ3v) is 8.06. The number of anilines is 1. The normalized spacial score (nSPS) is 26.6. The number of hydrogen-bond donors (Lipinski definition) is 1. The lowest BCUT2D eigenvalue weighted by Crippen LogP contribution is -2.27. The van der Waals surface area contributed by atoms with Crippen LogP contribution in [0.5, 0.6) is 5.88 Å². The van der Waals surface area contributed by atoms with Crippen molar-refractivity contribution in [3.8, 4) is 5.88 Å². The molecule has 8 nitrogen and oxygen atoms in total. The molecule has 0 radical (unpaired) electrons. The molecule has 4 heterocycles. The number of nitrogens with one attached hydrogen (secondary N) is 1. The van der Waals surface area contributed by atoms with E-state index in [1.807, 2.05) is 19.9 Å². The second-order valence-electron chi connectivity index (χ2n) is 11.2. The molecule has 0 bridgehead atoms. The fourth-order valence-corrected chi connectivity index (χ4v) is 6.18. The summed E-state index contributed by atoms with van der Waals surface area (Å²) in [5.41, 5.74) is 3.24. The summed E-state index contributed by atoms with van der Waals surface area (Å²) in [5, 5.41) is 5.61. The zero-order valence-corrected chi connectivity index (χ0v) is 21.6. The minimum Gasteiger partial charge on any atom is -0.480 e. The lowest BCUT2D eigenvalue weighted by atomic mass is 9.95. The molecule has 3 aliphatic rings. The molecule has 2 saturated carbocycles. The summed E-state index contributed by atoms with van der Waals surface area (Å²) in [7, 11) is 1.64. The molecule has 1 aliphatic heterocycles. The van der Waals surface area contributed by atoms with E-state index in [2.05, 4.69) is 56.4 Å². The van der Waals surface area contributed by atoms with Gasteiger partial charge in [0.15, 0.2) is 5.79 Å². The molecule has 4 atom stereocenters. The van der Waals surface area contributed by atoms with Gasteiger partial charge in [0.25, 0.3) is 0 Å². The monoisotopic (exact) mass is 499 g/mol. The summed E-state index contributed by atoms with van der Waals surface area (Å²) >= 11 is 0. The number of hydrogen-bond acceptors (Lipinski definition) is 7. The smallest absolute Gasteiger partial charge is 0.225 e. The van der Waals surface area contributed by atoms with Crippen molar-refractivity contribution in [2.75, 3.05) is 12.4 Å². The van der Waals surface area contributed by atoms with Gasteiger partial charge in [0.1, 0.15) is 23.9 Å². The summed E-state index contributed by atoms with van der Waals surface area (Å²) in [4.78, 5) is 13.7. The van der Waals surface area contributed by atoms with E-state index in [4.69, 9.17) is 19.2 Å². The number of rotatable bonds is 7. The Labute approximate surface area is 216 Å². The minimum atomic E-state index is -0.598. The molecule has 8 heteroatoms. The topological polar surface area (TPSA) is 83.3 Å². The lowest BCUT2D eigenvalue weighted by molar-refractivity contribution is -0.160. The van der Waals surface area contributed by atoms with Crippen molar-refractivity contribution in [1.29, 1.82) is 0 Å². The molecule has 1 saturated heterocycles. The Hall–Kier alpha value is -3.23. The third kappa shape index (κ3) is 4.22. The van der Waals surface area contributed by atoms with Gasteiger partial charge in [-0.25, -0.2) is 15.0 Å². The molecule has 0 spiro atoms. The summed E-state index contributed by atoms with van der Waals surface area (Å²) < 4.78 is 20.6. The molecule has 0 amide bonds. The van der Waals surface area contributed by atoms with Crippen LogP contribution in [0.1, 0.15) is 51.1 Å². The quantitative estimate of drug-likeness (QED) is 0.371. The average Bonchev–Trinajstić information content (AvgIpc) is 3.37. The summed E-state index contributed by atoms with van der Waals surface area (Å²) in [6.07, 6.45) is 9.14. The van der Waals surface area contributed by atoms with Gasteiger partial charge in [-0.05, 0) is 81.7 Å². The van der Waals surface area contributed by atoms with Crippen molar-refractivity contribution in [1.82, 2.24) is 19.5 Å². The fraction of sp³-hybridized carbons (Fsp3) is 0.483. The number of aryl methyl sites for hydroxylation is 1. The van der Waals surface area contributed by atoms with Crippen LogP contribution < -0.4 is 10.1 Å². The van der Waals surface area contributed by atoms with Crippen LogP contribution in [0.4, 0.5) is 5.82 Å². The third-order valence-electron chi connectivity index (χ3n) is 8.06. The van der Waals surface area contributed by atoms with Gasteiger partial charge < -0.3 is 24.1 Å². The summed E-state index contributed by atoms with van der Waals surface area (Å²) in [6.45, 7) is 4.03. The van der Waals surface area contributed by atoms with E-state index in [9.17, 15) is 0 Å². The maximum Gasteiger partial charge on any atom is 0.225 e. The number of nitrogens with zero attached hydrogens (tertiary/aromatic N) is 4. The molecule has 3 fully saturated rings. The first-order valence-electron chi connectivity index (χ1n) is 13.3.